The average molecular weight is 255 g/mol. The molecule has 0 unspecified atom stereocenters. The molecule has 2 heteroatoms. The van der Waals surface area contributed by atoms with Gasteiger partial charge in [0, 0.05) is 0 Å². The van der Waals surface area contributed by atoms with Crippen LogP contribution in [0.1, 0.15) is 26.2 Å². The molecule has 0 bridgehead atoms. The molecule has 0 spiro atoms. The van der Waals surface area contributed by atoms with Crippen molar-refractivity contribution in [3.8, 4) is 0 Å². The van der Waals surface area contributed by atoms with E-state index < -0.39 is 20.1 Å². The summed E-state index contributed by atoms with van der Waals surface area (Å²) < 4.78 is 4.23. The Morgan fingerprint density at radius 1 is 1.20 bits per heavy atom. The third kappa shape index (κ3) is 2.38. The van der Waals surface area contributed by atoms with Crippen molar-refractivity contribution in [1.82, 2.24) is 3.11 Å². The zero-order valence-corrected chi connectivity index (χ0v) is 9.23. The van der Waals surface area contributed by atoms with Gasteiger partial charge in [0.2, 0.25) is 0 Å². The van der Waals surface area contributed by atoms with Crippen LogP contribution in [0.25, 0.3) is 0 Å². The molecule has 0 aliphatic carbocycles. The van der Waals surface area contributed by atoms with Crippen LogP contribution in [-0.2, 0) is 0 Å². The van der Waals surface area contributed by atoms with Crippen molar-refractivity contribution in [3.63, 3.8) is 0 Å². The normalized spacial score (nSPS) is 22.8. The molecular weight excluding hydrogens is 237 g/mol. The van der Waals surface area contributed by atoms with Gasteiger partial charge in [0.25, 0.3) is 0 Å². The number of hydrogen-bond donors (Lipinski definition) is 0. The molecule has 62 valence electrons. The van der Waals surface area contributed by atoms with Crippen molar-refractivity contribution in [2.45, 2.75) is 26.2 Å². The van der Waals surface area contributed by atoms with E-state index in [0.29, 0.717) is 0 Å². The first kappa shape index (κ1) is 8.78. The Labute approximate surface area is 71.9 Å². The Kier molecular flexibility index (Phi) is 3.99. The topological polar surface area (TPSA) is 3.24 Å². The number of piperidine rings is 1. The van der Waals surface area contributed by atoms with E-state index in [-0.39, 0.29) is 0 Å². The Bertz CT molecular complexity index is 89.3. The zero-order chi connectivity index (χ0) is 7.40. The Balaban J connectivity index is 2.24. The fourth-order valence-corrected chi connectivity index (χ4v) is 4.61. The van der Waals surface area contributed by atoms with Gasteiger partial charge in [-0.2, -0.15) is 0 Å². The predicted molar refractivity (Wildman–Crippen MR) is 55.9 cm³/mol. The molecule has 1 aliphatic rings. The van der Waals surface area contributed by atoms with Gasteiger partial charge in [0.1, 0.15) is 0 Å². The third-order valence-corrected chi connectivity index (χ3v) is 7.60. The van der Waals surface area contributed by atoms with Gasteiger partial charge in [-0.25, -0.2) is 0 Å². The second-order valence-electron chi connectivity index (χ2n) is 2.79. The fraction of sp³-hybridized carbons (Fsp3) is 1.00. The zero-order valence-electron chi connectivity index (χ0n) is 7.07. The van der Waals surface area contributed by atoms with E-state index in [1.807, 2.05) is 0 Å². The van der Waals surface area contributed by atoms with E-state index in [9.17, 15) is 0 Å². The molecule has 0 aromatic carbocycles. The number of hydrogen-bond acceptors (Lipinski definition) is 1. The molecule has 0 aromatic rings. The van der Waals surface area contributed by atoms with E-state index in [0.717, 1.165) is 0 Å². The molecule has 1 saturated heterocycles. The third-order valence-electron chi connectivity index (χ3n) is 2.10. The molecule has 0 saturated carbocycles. The van der Waals surface area contributed by atoms with Gasteiger partial charge in [0.15, 0.2) is 0 Å². The molecule has 0 atom stereocenters. The van der Waals surface area contributed by atoms with Gasteiger partial charge in [-0.05, 0) is 0 Å². The summed E-state index contributed by atoms with van der Waals surface area (Å²) in [6, 6.07) is 0. The molecule has 0 aromatic heterocycles. The van der Waals surface area contributed by atoms with Crippen LogP contribution in [0.4, 0.5) is 0 Å². The van der Waals surface area contributed by atoms with Crippen LogP contribution < -0.4 is 0 Å². The van der Waals surface area contributed by atoms with E-state index in [1.165, 1.54) is 36.8 Å². The first-order valence-corrected chi connectivity index (χ1v) is 8.80. The molecule has 1 fully saturated rings. The Morgan fingerprint density at radius 2 is 1.80 bits per heavy atom. The fourth-order valence-electron chi connectivity index (χ4n) is 1.31. The van der Waals surface area contributed by atoms with Gasteiger partial charge >= 0.3 is 71.8 Å². The standard InChI is InChI=1S/C8H18IN/c1-3-9(2)10-7-5-4-6-8-10/h3-8H2,1-2H3. The first-order chi connectivity index (χ1) is 4.84. The van der Waals surface area contributed by atoms with Crippen LogP contribution in [0.3, 0.4) is 0 Å². The predicted octanol–water partition coefficient (Wildman–Crippen LogP) is 2.54. The summed E-state index contributed by atoms with van der Waals surface area (Å²) in [5.41, 5.74) is 0. The van der Waals surface area contributed by atoms with Gasteiger partial charge in [-0.15, -0.1) is 0 Å². The van der Waals surface area contributed by atoms with Crippen molar-refractivity contribution in [3.05, 3.63) is 0 Å². The maximum absolute atomic E-state index is 2.77. The molecule has 1 nitrogen and oxygen atoms in total. The van der Waals surface area contributed by atoms with Gasteiger partial charge < -0.3 is 0 Å². The minimum atomic E-state index is -0.589. The summed E-state index contributed by atoms with van der Waals surface area (Å²) in [5, 5.41) is 0. The van der Waals surface area contributed by atoms with E-state index in [1.54, 1.807) is 0 Å². The van der Waals surface area contributed by atoms with Crippen LogP contribution in [0.15, 0.2) is 0 Å². The van der Waals surface area contributed by atoms with Crippen molar-refractivity contribution in [1.29, 1.82) is 0 Å². The molecule has 1 heterocycles. The van der Waals surface area contributed by atoms with Crippen LogP contribution in [0.5, 0.6) is 0 Å². The van der Waals surface area contributed by atoms with Crippen LogP contribution in [-0.4, -0.2) is 25.6 Å². The van der Waals surface area contributed by atoms with Gasteiger partial charge in [-0.3, -0.25) is 0 Å². The SMILES string of the molecule is CCI(C)N1CCCCC1. The number of rotatable bonds is 2. The molecule has 10 heavy (non-hydrogen) atoms. The molecule has 0 amide bonds. The summed E-state index contributed by atoms with van der Waals surface area (Å²) >= 11 is -0.589. The minimum absolute atomic E-state index is 0.589. The summed E-state index contributed by atoms with van der Waals surface area (Å²) in [5.74, 6) is 0. The van der Waals surface area contributed by atoms with Crippen molar-refractivity contribution in [2.75, 3.05) is 22.4 Å². The summed E-state index contributed by atoms with van der Waals surface area (Å²) in [4.78, 5) is 2.50. The quantitative estimate of drug-likeness (QED) is 0.416. The van der Waals surface area contributed by atoms with Crippen molar-refractivity contribution < 1.29 is 0 Å². The summed E-state index contributed by atoms with van der Waals surface area (Å²) in [6.45, 7) is 5.17. The van der Waals surface area contributed by atoms with E-state index in [4.69, 9.17) is 0 Å². The average Bonchev–Trinajstić information content (AvgIpc) is 2.05. The molecule has 1 aliphatic heterocycles. The summed E-state index contributed by atoms with van der Waals surface area (Å²) in [6.07, 6.45) is 4.40. The van der Waals surface area contributed by atoms with E-state index in [2.05, 4.69) is 15.0 Å². The van der Waals surface area contributed by atoms with E-state index >= 15 is 0 Å². The Morgan fingerprint density at radius 3 is 2.30 bits per heavy atom. The molecule has 0 radical (unpaired) electrons. The molecule has 1 rings (SSSR count). The Hall–Kier alpha value is 0.690. The van der Waals surface area contributed by atoms with Gasteiger partial charge in [0.05, 0.1) is 0 Å². The second kappa shape index (κ2) is 4.54. The monoisotopic (exact) mass is 255 g/mol. The molecular formula is C8H18IN. The van der Waals surface area contributed by atoms with Crippen molar-refractivity contribution in [2.24, 2.45) is 0 Å². The van der Waals surface area contributed by atoms with Crippen LogP contribution >= 0.6 is 20.1 Å². The second-order valence-corrected chi connectivity index (χ2v) is 8.86. The molecule has 0 N–H and O–H groups in total. The van der Waals surface area contributed by atoms with Crippen molar-refractivity contribution >= 4 is 20.1 Å². The van der Waals surface area contributed by atoms with Gasteiger partial charge in [-0.1, -0.05) is 0 Å². The van der Waals surface area contributed by atoms with Crippen LogP contribution in [0, 0.1) is 0 Å². The summed E-state index contributed by atoms with van der Waals surface area (Å²) in [7, 11) is 0. The van der Waals surface area contributed by atoms with Crippen LogP contribution in [0.2, 0.25) is 0 Å². The number of alkyl halides is 2. The maximum atomic E-state index is 2.77. The number of halogens is 1. The first-order valence-electron chi connectivity index (χ1n) is 4.15. The number of nitrogens with zero attached hydrogens (tertiary/aromatic N) is 1.